The standard InChI is InChI=1S/C26H23FN4S/c1-17-12-13-19(16-18(17)2)30-15-7-11-23(30)25-24(21-9-5-6-14-28-21)29-26(32)31(25)22-10-4-3-8-20(22)27/h3-16,24-25H,1-2H3,(H,29,32). The van der Waals surface area contributed by atoms with E-state index in [0.717, 1.165) is 17.1 Å². The minimum absolute atomic E-state index is 0.233. The molecule has 0 saturated carbocycles. The third kappa shape index (κ3) is 3.46. The van der Waals surface area contributed by atoms with E-state index in [-0.39, 0.29) is 17.9 Å². The van der Waals surface area contributed by atoms with Gasteiger partial charge >= 0.3 is 0 Å². The second-order valence-corrected chi connectivity index (χ2v) is 8.41. The molecule has 160 valence electrons. The number of pyridine rings is 1. The Bertz CT molecular complexity index is 1280. The molecule has 32 heavy (non-hydrogen) atoms. The number of aromatic nitrogens is 2. The highest BCUT2D eigenvalue weighted by molar-refractivity contribution is 7.80. The zero-order valence-corrected chi connectivity index (χ0v) is 18.7. The summed E-state index contributed by atoms with van der Waals surface area (Å²) in [5.41, 5.74) is 5.81. The first-order valence-electron chi connectivity index (χ1n) is 10.5. The Kier molecular flexibility index (Phi) is 5.23. The highest BCUT2D eigenvalue weighted by Gasteiger charge is 2.42. The number of para-hydroxylation sites is 1. The molecular formula is C26H23FN4S. The van der Waals surface area contributed by atoms with Crippen LogP contribution in [0.15, 0.2) is 85.2 Å². The topological polar surface area (TPSA) is 33.1 Å². The van der Waals surface area contributed by atoms with Gasteiger partial charge < -0.3 is 14.8 Å². The van der Waals surface area contributed by atoms with E-state index >= 15 is 0 Å². The lowest BCUT2D eigenvalue weighted by Crippen LogP contribution is -2.31. The molecule has 5 rings (SSSR count). The quantitative estimate of drug-likeness (QED) is 0.405. The van der Waals surface area contributed by atoms with Crippen LogP contribution in [0.5, 0.6) is 0 Å². The second-order valence-electron chi connectivity index (χ2n) is 8.02. The van der Waals surface area contributed by atoms with Crippen molar-refractivity contribution in [1.82, 2.24) is 14.9 Å². The van der Waals surface area contributed by atoms with Gasteiger partial charge in [0.2, 0.25) is 0 Å². The van der Waals surface area contributed by atoms with Gasteiger partial charge in [-0.05, 0) is 85.7 Å². The Morgan fingerprint density at radius 1 is 0.938 bits per heavy atom. The number of benzene rings is 2. The minimum Gasteiger partial charge on any atom is -0.351 e. The van der Waals surface area contributed by atoms with Gasteiger partial charge in [-0.15, -0.1) is 0 Å². The number of nitrogens with zero attached hydrogens (tertiary/aromatic N) is 3. The number of halogens is 1. The van der Waals surface area contributed by atoms with Crippen molar-refractivity contribution >= 4 is 23.0 Å². The van der Waals surface area contributed by atoms with Crippen molar-refractivity contribution in [2.45, 2.75) is 25.9 Å². The summed E-state index contributed by atoms with van der Waals surface area (Å²) in [6, 6.07) is 22.5. The third-order valence-corrected chi connectivity index (χ3v) is 6.38. The highest BCUT2D eigenvalue weighted by Crippen LogP contribution is 2.42. The van der Waals surface area contributed by atoms with Crippen LogP contribution in [0.25, 0.3) is 5.69 Å². The van der Waals surface area contributed by atoms with Crippen LogP contribution in [0.4, 0.5) is 10.1 Å². The molecule has 4 nitrogen and oxygen atoms in total. The molecule has 2 aromatic carbocycles. The Morgan fingerprint density at radius 2 is 1.75 bits per heavy atom. The van der Waals surface area contributed by atoms with Gasteiger partial charge in [-0.1, -0.05) is 24.3 Å². The predicted octanol–water partition coefficient (Wildman–Crippen LogP) is 5.81. The van der Waals surface area contributed by atoms with Gasteiger partial charge in [-0.2, -0.15) is 0 Å². The molecule has 0 radical (unpaired) electrons. The number of nitrogens with one attached hydrogen (secondary N) is 1. The maximum absolute atomic E-state index is 14.9. The number of hydrogen-bond acceptors (Lipinski definition) is 2. The summed E-state index contributed by atoms with van der Waals surface area (Å²) >= 11 is 5.72. The van der Waals surface area contributed by atoms with E-state index in [0.29, 0.717) is 10.8 Å². The lowest BCUT2D eigenvalue weighted by molar-refractivity contribution is 0.542. The Balaban J connectivity index is 1.69. The summed E-state index contributed by atoms with van der Waals surface area (Å²) < 4.78 is 17.1. The molecule has 0 amide bonds. The molecule has 0 spiro atoms. The molecule has 1 aliphatic rings. The van der Waals surface area contributed by atoms with Crippen LogP contribution in [-0.4, -0.2) is 14.7 Å². The van der Waals surface area contributed by atoms with Gasteiger partial charge in [-0.25, -0.2) is 4.39 Å². The number of anilines is 1. The number of thiocarbonyl (C=S) groups is 1. The average molecular weight is 443 g/mol. The van der Waals surface area contributed by atoms with Crippen molar-refractivity contribution in [3.8, 4) is 5.69 Å². The van der Waals surface area contributed by atoms with Gasteiger partial charge in [0.15, 0.2) is 5.11 Å². The van der Waals surface area contributed by atoms with Gasteiger partial charge in [0.05, 0.1) is 17.4 Å². The van der Waals surface area contributed by atoms with Crippen molar-refractivity contribution < 1.29 is 4.39 Å². The number of rotatable bonds is 4. The number of aryl methyl sites for hydroxylation is 2. The largest absolute Gasteiger partial charge is 0.351 e. The van der Waals surface area contributed by atoms with E-state index in [4.69, 9.17) is 12.2 Å². The van der Waals surface area contributed by atoms with Crippen LogP contribution >= 0.6 is 12.2 Å². The van der Waals surface area contributed by atoms with Gasteiger partial charge in [0.25, 0.3) is 0 Å². The average Bonchev–Trinajstić information content (AvgIpc) is 3.41. The molecule has 3 heterocycles. The molecule has 1 saturated heterocycles. The van der Waals surface area contributed by atoms with Gasteiger partial charge in [0.1, 0.15) is 11.9 Å². The zero-order chi connectivity index (χ0) is 22.2. The Hall–Kier alpha value is -3.51. The van der Waals surface area contributed by atoms with Crippen LogP contribution < -0.4 is 10.2 Å². The molecule has 6 heteroatoms. The summed E-state index contributed by atoms with van der Waals surface area (Å²) in [5.74, 6) is -0.312. The van der Waals surface area contributed by atoms with E-state index in [1.165, 1.54) is 17.2 Å². The lowest BCUT2D eigenvalue weighted by Gasteiger charge is -2.29. The molecule has 4 aromatic rings. The van der Waals surface area contributed by atoms with E-state index < -0.39 is 0 Å². The van der Waals surface area contributed by atoms with E-state index in [9.17, 15) is 4.39 Å². The van der Waals surface area contributed by atoms with Crippen molar-refractivity contribution in [2.75, 3.05) is 4.90 Å². The predicted molar refractivity (Wildman–Crippen MR) is 130 cm³/mol. The minimum atomic E-state index is -0.312. The summed E-state index contributed by atoms with van der Waals surface area (Å²) in [5, 5.41) is 3.87. The normalized spacial score (nSPS) is 18.1. The lowest BCUT2D eigenvalue weighted by atomic mass is 10.0. The molecule has 2 atom stereocenters. The van der Waals surface area contributed by atoms with Crippen molar-refractivity contribution in [3.63, 3.8) is 0 Å². The number of hydrogen-bond donors (Lipinski definition) is 1. The Morgan fingerprint density at radius 3 is 2.50 bits per heavy atom. The van der Waals surface area contributed by atoms with E-state index in [1.807, 2.05) is 41.4 Å². The molecule has 2 aromatic heterocycles. The fraction of sp³-hybridized carbons (Fsp3) is 0.154. The fourth-order valence-corrected chi connectivity index (χ4v) is 4.65. The molecule has 1 fully saturated rings. The molecule has 1 aliphatic heterocycles. The smallest absolute Gasteiger partial charge is 0.174 e. The first-order chi connectivity index (χ1) is 15.5. The maximum Gasteiger partial charge on any atom is 0.174 e. The highest BCUT2D eigenvalue weighted by atomic mass is 32.1. The van der Waals surface area contributed by atoms with Crippen LogP contribution in [0.2, 0.25) is 0 Å². The summed E-state index contributed by atoms with van der Waals surface area (Å²) in [7, 11) is 0. The summed E-state index contributed by atoms with van der Waals surface area (Å²) in [6.45, 7) is 4.21. The fourth-order valence-electron chi connectivity index (χ4n) is 4.31. The molecule has 2 unspecified atom stereocenters. The maximum atomic E-state index is 14.9. The SMILES string of the molecule is Cc1ccc(-n2cccc2C2C(c3ccccn3)NC(=S)N2c2ccccc2F)cc1C. The molecule has 0 bridgehead atoms. The summed E-state index contributed by atoms with van der Waals surface area (Å²) in [6.07, 6.45) is 3.81. The van der Waals surface area contributed by atoms with Crippen LogP contribution in [0, 0.1) is 19.7 Å². The van der Waals surface area contributed by atoms with Crippen molar-refractivity contribution in [3.05, 3.63) is 114 Å². The van der Waals surface area contributed by atoms with Crippen LogP contribution in [0.1, 0.15) is 34.6 Å². The summed E-state index contributed by atoms with van der Waals surface area (Å²) in [4.78, 5) is 6.45. The van der Waals surface area contributed by atoms with Crippen LogP contribution in [-0.2, 0) is 0 Å². The van der Waals surface area contributed by atoms with E-state index in [1.54, 1.807) is 18.3 Å². The Labute approximate surface area is 192 Å². The zero-order valence-electron chi connectivity index (χ0n) is 17.9. The molecular weight excluding hydrogens is 419 g/mol. The van der Waals surface area contributed by atoms with Gasteiger partial charge in [-0.3, -0.25) is 4.98 Å². The van der Waals surface area contributed by atoms with Crippen molar-refractivity contribution in [1.29, 1.82) is 0 Å². The van der Waals surface area contributed by atoms with E-state index in [2.05, 4.69) is 53.0 Å². The first-order valence-corrected chi connectivity index (χ1v) is 11.0. The molecule has 1 N–H and O–H groups in total. The first kappa shape index (κ1) is 20.4. The van der Waals surface area contributed by atoms with Crippen molar-refractivity contribution in [2.24, 2.45) is 0 Å². The van der Waals surface area contributed by atoms with Gasteiger partial charge in [0, 0.05) is 23.8 Å². The second kappa shape index (κ2) is 8.20. The third-order valence-electron chi connectivity index (χ3n) is 6.06. The monoisotopic (exact) mass is 442 g/mol. The molecule has 0 aliphatic carbocycles. The van der Waals surface area contributed by atoms with Crippen LogP contribution in [0.3, 0.4) is 0 Å².